The van der Waals surface area contributed by atoms with Gasteiger partial charge in [0.1, 0.15) is 0 Å². The predicted octanol–water partition coefficient (Wildman–Crippen LogP) is 3.82. The molecule has 4 nitrogen and oxygen atoms in total. The molecule has 0 bridgehead atoms. The second-order valence-electron chi connectivity index (χ2n) is 5.38. The molecule has 2 aromatic rings. The van der Waals surface area contributed by atoms with Crippen molar-refractivity contribution >= 4 is 33.4 Å². The first-order valence-electron chi connectivity index (χ1n) is 7.36. The smallest absolute Gasteiger partial charge is 0.251 e. The molecule has 2 N–H and O–H groups in total. The largest absolute Gasteiger partial charge is 0.352 e. The summed E-state index contributed by atoms with van der Waals surface area (Å²) in [6.07, 6.45) is 0.232. The third-order valence-electron chi connectivity index (χ3n) is 3.41. The van der Waals surface area contributed by atoms with Crippen molar-refractivity contribution in [3.63, 3.8) is 0 Å². The van der Waals surface area contributed by atoms with E-state index < -0.39 is 0 Å². The first kappa shape index (κ1) is 17.2. The summed E-state index contributed by atoms with van der Waals surface area (Å²) in [5, 5.41) is 5.62. The fourth-order valence-electron chi connectivity index (χ4n) is 2.08. The Hall–Kier alpha value is -2.14. The van der Waals surface area contributed by atoms with E-state index in [0.717, 1.165) is 21.3 Å². The first-order chi connectivity index (χ1) is 11.0. The predicted molar refractivity (Wildman–Crippen MR) is 95.6 cm³/mol. The SMILES string of the molecule is Cc1ccc(C)c(NC(=O)CCNC(=O)c2ccc(Br)cc2)c1. The van der Waals surface area contributed by atoms with Crippen LogP contribution in [0.15, 0.2) is 46.9 Å². The minimum absolute atomic E-state index is 0.116. The molecule has 0 atom stereocenters. The van der Waals surface area contributed by atoms with Gasteiger partial charge in [-0.25, -0.2) is 0 Å². The Morgan fingerprint density at radius 2 is 1.74 bits per heavy atom. The highest BCUT2D eigenvalue weighted by Gasteiger charge is 2.08. The lowest BCUT2D eigenvalue weighted by Gasteiger charge is -2.10. The molecule has 5 heteroatoms. The van der Waals surface area contributed by atoms with Crippen molar-refractivity contribution in [1.29, 1.82) is 0 Å². The Labute approximate surface area is 144 Å². The number of carbonyl (C=O) groups excluding carboxylic acids is 2. The molecule has 2 aromatic carbocycles. The van der Waals surface area contributed by atoms with Gasteiger partial charge in [0.05, 0.1) is 0 Å². The van der Waals surface area contributed by atoms with Crippen molar-refractivity contribution < 1.29 is 9.59 Å². The van der Waals surface area contributed by atoms with Crippen LogP contribution in [0, 0.1) is 13.8 Å². The van der Waals surface area contributed by atoms with E-state index in [-0.39, 0.29) is 18.2 Å². The van der Waals surface area contributed by atoms with Crippen LogP contribution in [0.1, 0.15) is 27.9 Å². The molecule has 0 radical (unpaired) electrons. The summed E-state index contributed by atoms with van der Waals surface area (Å²) in [7, 11) is 0. The lowest BCUT2D eigenvalue weighted by molar-refractivity contribution is -0.116. The topological polar surface area (TPSA) is 58.2 Å². The van der Waals surface area contributed by atoms with Crippen molar-refractivity contribution in [2.75, 3.05) is 11.9 Å². The highest BCUT2D eigenvalue weighted by Crippen LogP contribution is 2.16. The van der Waals surface area contributed by atoms with Gasteiger partial charge >= 0.3 is 0 Å². The van der Waals surface area contributed by atoms with E-state index >= 15 is 0 Å². The van der Waals surface area contributed by atoms with Gasteiger partial charge in [0.15, 0.2) is 0 Å². The Morgan fingerprint density at radius 1 is 1.04 bits per heavy atom. The molecule has 0 unspecified atom stereocenters. The summed E-state index contributed by atoms with van der Waals surface area (Å²) < 4.78 is 0.918. The Morgan fingerprint density at radius 3 is 2.43 bits per heavy atom. The number of hydrogen-bond acceptors (Lipinski definition) is 2. The van der Waals surface area contributed by atoms with Gasteiger partial charge in [0, 0.05) is 28.7 Å². The Bertz CT molecular complexity index is 711. The van der Waals surface area contributed by atoms with Crippen LogP contribution < -0.4 is 10.6 Å². The van der Waals surface area contributed by atoms with Gasteiger partial charge in [-0.3, -0.25) is 9.59 Å². The van der Waals surface area contributed by atoms with Crippen molar-refractivity contribution in [3.8, 4) is 0 Å². The van der Waals surface area contributed by atoms with Crippen LogP contribution in [0.3, 0.4) is 0 Å². The maximum Gasteiger partial charge on any atom is 0.251 e. The van der Waals surface area contributed by atoms with E-state index in [9.17, 15) is 9.59 Å². The zero-order valence-corrected chi connectivity index (χ0v) is 14.7. The van der Waals surface area contributed by atoms with Crippen molar-refractivity contribution in [3.05, 3.63) is 63.6 Å². The second kappa shape index (κ2) is 7.92. The average molecular weight is 375 g/mol. The summed E-state index contributed by atoms with van der Waals surface area (Å²) in [5.41, 5.74) is 3.50. The monoisotopic (exact) mass is 374 g/mol. The normalized spacial score (nSPS) is 10.2. The summed E-state index contributed by atoms with van der Waals surface area (Å²) in [6, 6.07) is 13.0. The Balaban J connectivity index is 1.81. The van der Waals surface area contributed by atoms with E-state index in [2.05, 4.69) is 26.6 Å². The zero-order valence-electron chi connectivity index (χ0n) is 13.2. The molecule has 0 saturated heterocycles. The van der Waals surface area contributed by atoms with Crippen molar-refractivity contribution in [2.24, 2.45) is 0 Å². The molecule has 0 saturated carbocycles. The summed E-state index contributed by atoms with van der Waals surface area (Å²) in [6.45, 7) is 4.23. The molecule has 0 heterocycles. The molecule has 0 spiro atoms. The number of hydrogen-bond donors (Lipinski definition) is 2. The van der Waals surface area contributed by atoms with Gasteiger partial charge in [-0.05, 0) is 55.3 Å². The number of rotatable bonds is 5. The maximum absolute atomic E-state index is 12.0. The highest BCUT2D eigenvalue weighted by atomic mass is 79.9. The summed E-state index contributed by atoms with van der Waals surface area (Å²) >= 11 is 3.32. The number of carbonyl (C=O) groups is 2. The number of nitrogens with one attached hydrogen (secondary N) is 2. The summed E-state index contributed by atoms with van der Waals surface area (Å²) in [5.74, 6) is -0.299. The molecule has 2 rings (SSSR count). The van der Waals surface area contributed by atoms with Crippen LogP contribution in [-0.2, 0) is 4.79 Å². The lowest BCUT2D eigenvalue weighted by Crippen LogP contribution is -2.27. The fourth-order valence-corrected chi connectivity index (χ4v) is 2.34. The van der Waals surface area contributed by atoms with Crippen LogP contribution in [0.2, 0.25) is 0 Å². The van der Waals surface area contributed by atoms with E-state index in [4.69, 9.17) is 0 Å². The fraction of sp³-hybridized carbons (Fsp3) is 0.222. The molecule has 0 aliphatic carbocycles. The van der Waals surface area contributed by atoms with Gasteiger partial charge < -0.3 is 10.6 Å². The highest BCUT2D eigenvalue weighted by molar-refractivity contribution is 9.10. The number of amides is 2. The second-order valence-corrected chi connectivity index (χ2v) is 6.30. The van der Waals surface area contributed by atoms with Gasteiger partial charge in [-0.2, -0.15) is 0 Å². The third kappa shape index (κ3) is 5.21. The van der Waals surface area contributed by atoms with Crippen molar-refractivity contribution in [2.45, 2.75) is 20.3 Å². The quantitative estimate of drug-likeness (QED) is 0.835. The van der Waals surface area contributed by atoms with Crippen molar-refractivity contribution in [1.82, 2.24) is 5.32 Å². The van der Waals surface area contributed by atoms with Crippen LogP contribution in [0.25, 0.3) is 0 Å². The standard InChI is InChI=1S/C18H19BrN2O2/c1-12-3-4-13(2)16(11-12)21-17(22)9-10-20-18(23)14-5-7-15(19)8-6-14/h3-8,11H,9-10H2,1-2H3,(H,20,23)(H,21,22). The minimum Gasteiger partial charge on any atom is -0.352 e. The molecular weight excluding hydrogens is 356 g/mol. The van der Waals surface area contributed by atoms with E-state index in [1.54, 1.807) is 12.1 Å². The first-order valence-corrected chi connectivity index (χ1v) is 8.16. The third-order valence-corrected chi connectivity index (χ3v) is 3.94. The van der Waals surface area contributed by atoms with Gasteiger partial charge in [0.25, 0.3) is 5.91 Å². The molecule has 23 heavy (non-hydrogen) atoms. The summed E-state index contributed by atoms with van der Waals surface area (Å²) in [4.78, 5) is 23.9. The minimum atomic E-state index is -0.183. The number of benzene rings is 2. The maximum atomic E-state index is 12.0. The van der Waals surface area contributed by atoms with Gasteiger partial charge in [0.2, 0.25) is 5.91 Å². The molecule has 0 aliphatic rings. The van der Waals surface area contributed by atoms with E-state index in [1.165, 1.54) is 0 Å². The van der Waals surface area contributed by atoms with Crippen LogP contribution >= 0.6 is 15.9 Å². The average Bonchev–Trinajstić information content (AvgIpc) is 2.51. The van der Waals surface area contributed by atoms with Crippen LogP contribution in [0.4, 0.5) is 5.69 Å². The number of halogens is 1. The van der Waals surface area contributed by atoms with Crippen LogP contribution in [0.5, 0.6) is 0 Å². The molecule has 0 fully saturated rings. The number of aryl methyl sites for hydroxylation is 2. The molecule has 0 aliphatic heterocycles. The Kier molecular flexibility index (Phi) is 5.93. The zero-order chi connectivity index (χ0) is 16.8. The molecular formula is C18H19BrN2O2. The van der Waals surface area contributed by atoms with E-state index in [0.29, 0.717) is 12.1 Å². The molecule has 0 aromatic heterocycles. The van der Waals surface area contributed by atoms with Gasteiger partial charge in [-0.15, -0.1) is 0 Å². The van der Waals surface area contributed by atoms with Crippen LogP contribution in [-0.4, -0.2) is 18.4 Å². The van der Waals surface area contributed by atoms with Gasteiger partial charge in [-0.1, -0.05) is 28.1 Å². The molecule has 2 amide bonds. The molecule has 120 valence electrons. The van der Waals surface area contributed by atoms with E-state index in [1.807, 2.05) is 44.2 Å². The lowest BCUT2D eigenvalue weighted by atomic mass is 10.1. The number of anilines is 1.